The van der Waals surface area contributed by atoms with Crippen LogP contribution in [0.15, 0.2) is 0 Å². The van der Waals surface area contributed by atoms with E-state index in [9.17, 15) is 9.59 Å². The van der Waals surface area contributed by atoms with Crippen molar-refractivity contribution in [2.45, 2.75) is 52.7 Å². The Balaban J connectivity index is 4.43. The second-order valence-corrected chi connectivity index (χ2v) is 6.20. The van der Waals surface area contributed by atoms with E-state index < -0.39 is 23.7 Å². The molecule has 0 aromatic rings. The zero-order valence-corrected chi connectivity index (χ0v) is 13.3. The molecule has 6 heteroatoms. The van der Waals surface area contributed by atoms with Gasteiger partial charge in [0.2, 0.25) is 0 Å². The quantitative estimate of drug-likeness (QED) is 0.728. The first-order valence-corrected chi connectivity index (χ1v) is 6.81. The van der Waals surface area contributed by atoms with Crippen molar-refractivity contribution in [1.29, 1.82) is 0 Å². The number of rotatable bonds is 7. The van der Waals surface area contributed by atoms with E-state index in [1.165, 1.54) is 7.05 Å². The Morgan fingerprint density at radius 3 is 2.20 bits per heavy atom. The molecular formula is C14H27NO5. The van der Waals surface area contributed by atoms with Crippen molar-refractivity contribution in [3.05, 3.63) is 0 Å². The highest BCUT2D eigenvalue weighted by Gasteiger charge is 2.30. The third-order valence-corrected chi connectivity index (χ3v) is 2.55. The van der Waals surface area contributed by atoms with Crippen LogP contribution in [0.1, 0.15) is 41.0 Å². The standard InChI is InChI=1S/C14H27NO5/c1-10(2)7-8-19-9-11(12(16)17)15(6)13(18)20-14(3,4)5/h10-11H,7-9H2,1-6H3,(H,16,17). The van der Waals surface area contributed by atoms with Crippen molar-refractivity contribution in [1.82, 2.24) is 4.90 Å². The fourth-order valence-electron chi connectivity index (χ4n) is 1.32. The third kappa shape index (κ3) is 7.99. The lowest BCUT2D eigenvalue weighted by atomic mass is 10.1. The fraction of sp³-hybridized carbons (Fsp3) is 0.857. The van der Waals surface area contributed by atoms with Gasteiger partial charge in [-0.1, -0.05) is 13.8 Å². The highest BCUT2D eigenvalue weighted by Crippen LogP contribution is 2.11. The summed E-state index contributed by atoms with van der Waals surface area (Å²) in [6, 6.07) is -1.04. The lowest BCUT2D eigenvalue weighted by Gasteiger charge is -2.28. The molecule has 1 unspecified atom stereocenters. The van der Waals surface area contributed by atoms with Gasteiger partial charge in [0, 0.05) is 13.7 Å². The molecule has 0 radical (unpaired) electrons. The van der Waals surface area contributed by atoms with E-state index in [0.29, 0.717) is 12.5 Å². The van der Waals surface area contributed by atoms with E-state index in [0.717, 1.165) is 11.3 Å². The topological polar surface area (TPSA) is 76.1 Å². The van der Waals surface area contributed by atoms with Crippen molar-refractivity contribution >= 4 is 12.1 Å². The first-order valence-electron chi connectivity index (χ1n) is 6.81. The summed E-state index contributed by atoms with van der Waals surface area (Å²) in [5.41, 5.74) is -0.660. The molecule has 118 valence electrons. The van der Waals surface area contributed by atoms with Gasteiger partial charge in [0.25, 0.3) is 0 Å². The molecule has 0 heterocycles. The van der Waals surface area contributed by atoms with Crippen LogP contribution < -0.4 is 0 Å². The van der Waals surface area contributed by atoms with Crippen molar-refractivity contribution < 1.29 is 24.2 Å². The number of carbonyl (C=O) groups is 2. The van der Waals surface area contributed by atoms with Crippen LogP contribution in [0.3, 0.4) is 0 Å². The monoisotopic (exact) mass is 289 g/mol. The van der Waals surface area contributed by atoms with Crippen LogP contribution in [0.4, 0.5) is 4.79 Å². The van der Waals surface area contributed by atoms with Gasteiger partial charge in [0.15, 0.2) is 6.04 Å². The third-order valence-electron chi connectivity index (χ3n) is 2.55. The molecule has 0 aromatic carbocycles. The minimum Gasteiger partial charge on any atom is -0.480 e. The Kier molecular flexibility index (Phi) is 7.57. The summed E-state index contributed by atoms with van der Waals surface area (Å²) in [6.45, 7) is 9.74. The molecule has 0 aliphatic rings. The minimum atomic E-state index is -1.11. The van der Waals surface area contributed by atoms with E-state index in [-0.39, 0.29) is 6.61 Å². The summed E-state index contributed by atoms with van der Waals surface area (Å²) in [6.07, 6.45) is 0.181. The lowest BCUT2D eigenvalue weighted by molar-refractivity contribution is -0.145. The van der Waals surface area contributed by atoms with Crippen molar-refractivity contribution in [2.75, 3.05) is 20.3 Å². The average Bonchev–Trinajstić information content (AvgIpc) is 2.24. The number of likely N-dealkylation sites (N-methyl/N-ethyl adjacent to an activating group) is 1. The number of hydrogen-bond donors (Lipinski definition) is 1. The zero-order valence-electron chi connectivity index (χ0n) is 13.3. The zero-order chi connectivity index (χ0) is 15.9. The van der Waals surface area contributed by atoms with Gasteiger partial charge in [-0.15, -0.1) is 0 Å². The van der Waals surface area contributed by atoms with Crippen LogP contribution in [-0.4, -0.2) is 54.0 Å². The number of carboxylic acids is 1. The van der Waals surface area contributed by atoms with E-state index in [1.54, 1.807) is 20.8 Å². The van der Waals surface area contributed by atoms with Crippen molar-refractivity contribution in [2.24, 2.45) is 5.92 Å². The maximum atomic E-state index is 11.8. The Morgan fingerprint density at radius 2 is 1.80 bits per heavy atom. The number of carbonyl (C=O) groups excluding carboxylic acids is 1. The fourth-order valence-corrected chi connectivity index (χ4v) is 1.32. The summed E-state index contributed by atoms with van der Waals surface area (Å²) in [7, 11) is 1.40. The van der Waals surface area contributed by atoms with Crippen molar-refractivity contribution in [3.8, 4) is 0 Å². The Hall–Kier alpha value is -1.30. The van der Waals surface area contributed by atoms with Gasteiger partial charge in [-0.25, -0.2) is 9.59 Å². The molecule has 0 bridgehead atoms. The molecule has 1 atom stereocenters. The molecule has 0 saturated carbocycles. The Morgan fingerprint density at radius 1 is 1.25 bits per heavy atom. The predicted octanol–water partition coefficient (Wildman–Crippen LogP) is 2.37. The smallest absolute Gasteiger partial charge is 0.410 e. The molecule has 0 aliphatic heterocycles. The second-order valence-electron chi connectivity index (χ2n) is 6.20. The summed E-state index contributed by atoms with van der Waals surface area (Å²) >= 11 is 0. The van der Waals surface area contributed by atoms with Crippen LogP contribution in [0, 0.1) is 5.92 Å². The summed E-state index contributed by atoms with van der Waals surface area (Å²) < 4.78 is 10.5. The molecule has 0 aliphatic carbocycles. The first-order chi connectivity index (χ1) is 9.04. The summed E-state index contributed by atoms with van der Waals surface area (Å²) in [4.78, 5) is 24.1. The maximum Gasteiger partial charge on any atom is 0.410 e. The van der Waals surface area contributed by atoms with E-state index in [4.69, 9.17) is 14.6 Å². The molecule has 0 spiro atoms. The number of carboxylic acid groups (broad SMARTS) is 1. The van der Waals surface area contributed by atoms with E-state index >= 15 is 0 Å². The molecule has 20 heavy (non-hydrogen) atoms. The second kappa shape index (κ2) is 8.09. The number of ether oxygens (including phenoxy) is 2. The minimum absolute atomic E-state index is 0.0439. The number of aliphatic carboxylic acids is 1. The highest BCUT2D eigenvalue weighted by atomic mass is 16.6. The average molecular weight is 289 g/mol. The Labute approximate surface area is 121 Å². The van der Waals surface area contributed by atoms with E-state index in [2.05, 4.69) is 13.8 Å². The summed E-state index contributed by atoms with van der Waals surface area (Å²) in [5.74, 6) is -0.621. The first kappa shape index (κ1) is 18.7. The number of nitrogens with zero attached hydrogens (tertiary/aromatic N) is 1. The number of hydrogen-bond acceptors (Lipinski definition) is 4. The highest BCUT2D eigenvalue weighted by molar-refractivity contribution is 5.80. The molecule has 6 nitrogen and oxygen atoms in total. The molecule has 0 fully saturated rings. The van der Waals surface area contributed by atoms with Crippen molar-refractivity contribution in [3.63, 3.8) is 0 Å². The molecular weight excluding hydrogens is 262 g/mol. The Bertz CT molecular complexity index is 322. The number of amides is 1. The molecule has 1 amide bonds. The van der Waals surface area contributed by atoms with Crippen LogP contribution in [0.25, 0.3) is 0 Å². The van der Waals surface area contributed by atoms with Crippen LogP contribution in [0.5, 0.6) is 0 Å². The van der Waals surface area contributed by atoms with Gasteiger partial charge in [0.1, 0.15) is 5.60 Å². The van der Waals surface area contributed by atoms with Gasteiger partial charge in [-0.2, -0.15) is 0 Å². The summed E-state index contributed by atoms with van der Waals surface area (Å²) in [5, 5.41) is 9.17. The van der Waals surface area contributed by atoms with Gasteiger partial charge in [-0.05, 0) is 33.1 Å². The van der Waals surface area contributed by atoms with Crippen LogP contribution in [0.2, 0.25) is 0 Å². The normalized spacial score (nSPS) is 13.2. The largest absolute Gasteiger partial charge is 0.480 e. The molecule has 0 saturated heterocycles. The van der Waals surface area contributed by atoms with Gasteiger partial charge in [0.05, 0.1) is 6.61 Å². The van der Waals surface area contributed by atoms with E-state index in [1.807, 2.05) is 0 Å². The SMILES string of the molecule is CC(C)CCOCC(C(=O)O)N(C)C(=O)OC(C)(C)C. The van der Waals surface area contributed by atoms with Crippen LogP contribution >= 0.6 is 0 Å². The molecule has 1 N–H and O–H groups in total. The maximum absolute atomic E-state index is 11.8. The molecule has 0 aromatic heterocycles. The molecule has 0 rings (SSSR count). The van der Waals surface area contributed by atoms with Gasteiger partial charge >= 0.3 is 12.1 Å². The lowest BCUT2D eigenvalue weighted by Crippen LogP contribution is -2.47. The van der Waals surface area contributed by atoms with Crippen LogP contribution in [-0.2, 0) is 14.3 Å². The predicted molar refractivity (Wildman–Crippen MR) is 75.7 cm³/mol. The van der Waals surface area contributed by atoms with Gasteiger partial charge in [-0.3, -0.25) is 4.90 Å². The van der Waals surface area contributed by atoms with Gasteiger partial charge < -0.3 is 14.6 Å².